The summed E-state index contributed by atoms with van der Waals surface area (Å²) in [5.41, 5.74) is 7.23. The highest BCUT2D eigenvalue weighted by Crippen LogP contribution is 2.14. The maximum Gasteiger partial charge on any atom is 0.241 e. The number of ether oxygens (including phenoxy) is 1. The number of anilines is 2. The van der Waals surface area contributed by atoms with Gasteiger partial charge in [-0.3, -0.25) is 14.5 Å². The van der Waals surface area contributed by atoms with E-state index in [4.69, 9.17) is 10.5 Å². The van der Waals surface area contributed by atoms with Crippen molar-refractivity contribution in [3.8, 4) is 0 Å². The summed E-state index contributed by atoms with van der Waals surface area (Å²) >= 11 is 0. The summed E-state index contributed by atoms with van der Waals surface area (Å²) in [4.78, 5) is 26.1. The third kappa shape index (κ3) is 6.81. The van der Waals surface area contributed by atoms with Crippen molar-refractivity contribution >= 4 is 23.2 Å². The highest BCUT2D eigenvalue weighted by atomic mass is 16.5. The van der Waals surface area contributed by atoms with Crippen molar-refractivity contribution in [1.29, 1.82) is 0 Å². The maximum atomic E-state index is 12.1. The summed E-state index contributed by atoms with van der Waals surface area (Å²) in [6, 6.07) is 6.52. The van der Waals surface area contributed by atoms with Crippen LogP contribution in [-0.4, -0.2) is 55.6 Å². The Hall–Kier alpha value is -1.96. The van der Waals surface area contributed by atoms with E-state index in [9.17, 15) is 9.59 Å². The normalized spacial score (nSPS) is 16.5. The summed E-state index contributed by atoms with van der Waals surface area (Å²) in [7, 11) is 0. The van der Waals surface area contributed by atoms with Crippen LogP contribution < -0.4 is 16.4 Å². The maximum absolute atomic E-state index is 12.1. The molecule has 4 N–H and O–H groups in total. The van der Waals surface area contributed by atoms with Crippen molar-refractivity contribution in [1.82, 2.24) is 4.90 Å². The lowest BCUT2D eigenvalue weighted by atomic mass is 10.0. The van der Waals surface area contributed by atoms with Gasteiger partial charge in [0.15, 0.2) is 0 Å². The second kappa shape index (κ2) is 9.50. The molecule has 0 bridgehead atoms. The molecule has 0 radical (unpaired) electrons. The Balaban J connectivity index is 1.80. The molecular formula is C18H28N4O3. The third-order valence-corrected chi connectivity index (χ3v) is 3.97. The summed E-state index contributed by atoms with van der Waals surface area (Å²) in [6.45, 7) is 7.29. The first-order valence-electron chi connectivity index (χ1n) is 8.70. The van der Waals surface area contributed by atoms with E-state index in [1.807, 2.05) is 13.8 Å². The Labute approximate surface area is 148 Å². The van der Waals surface area contributed by atoms with Gasteiger partial charge in [0.1, 0.15) is 0 Å². The van der Waals surface area contributed by atoms with Crippen LogP contribution in [0.3, 0.4) is 0 Å². The minimum absolute atomic E-state index is 0.0577. The number of nitrogens with zero attached hydrogens (tertiary/aromatic N) is 1. The van der Waals surface area contributed by atoms with E-state index in [1.165, 1.54) is 0 Å². The Morgan fingerprint density at radius 1 is 1.12 bits per heavy atom. The summed E-state index contributed by atoms with van der Waals surface area (Å²) in [5.74, 6) is 0.111. The number of hydrogen-bond acceptors (Lipinski definition) is 5. The van der Waals surface area contributed by atoms with Crippen molar-refractivity contribution in [2.45, 2.75) is 26.3 Å². The number of rotatable bonds is 7. The molecule has 0 aliphatic carbocycles. The van der Waals surface area contributed by atoms with Gasteiger partial charge in [-0.05, 0) is 36.6 Å². The number of benzene rings is 1. The average molecular weight is 348 g/mol. The number of carbonyl (C=O) groups is 2. The first-order valence-corrected chi connectivity index (χ1v) is 8.70. The summed E-state index contributed by atoms with van der Waals surface area (Å²) < 4.78 is 5.27. The molecule has 1 aliphatic rings. The molecule has 138 valence electrons. The molecule has 1 fully saturated rings. The first-order chi connectivity index (χ1) is 11.9. The van der Waals surface area contributed by atoms with E-state index in [0.717, 1.165) is 13.1 Å². The van der Waals surface area contributed by atoms with Gasteiger partial charge in [0.25, 0.3) is 0 Å². The van der Waals surface area contributed by atoms with Crippen LogP contribution >= 0.6 is 0 Å². The quantitative estimate of drug-likeness (QED) is 0.689. The topological polar surface area (TPSA) is 96.7 Å². The van der Waals surface area contributed by atoms with Gasteiger partial charge >= 0.3 is 0 Å². The fourth-order valence-corrected chi connectivity index (χ4v) is 2.65. The van der Waals surface area contributed by atoms with Crippen molar-refractivity contribution < 1.29 is 14.3 Å². The molecule has 2 amide bonds. The van der Waals surface area contributed by atoms with Crippen LogP contribution in [0.15, 0.2) is 24.3 Å². The predicted molar refractivity (Wildman–Crippen MR) is 98.4 cm³/mol. The van der Waals surface area contributed by atoms with E-state index >= 15 is 0 Å². The number of carbonyl (C=O) groups excluding carboxylic acids is 2. The molecule has 0 unspecified atom stereocenters. The van der Waals surface area contributed by atoms with Crippen molar-refractivity contribution in [3.05, 3.63) is 24.3 Å². The van der Waals surface area contributed by atoms with E-state index in [-0.39, 0.29) is 11.8 Å². The highest BCUT2D eigenvalue weighted by molar-refractivity contribution is 5.95. The third-order valence-electron chi connectivity index (χ3n) is 3.97. The second-order valence-corrected chi connectivity index (χ2v) is 6.74. The summed E-state index contributed by atoms with van der Waals surface area (Å²) in [5, 5.41) is 5.65. The Bertz CT molecular complexity index is 568. The van der Waals surface area contributed by atoms with Crippen LogP contribution in [0, 0.1) is 5.92 Å². The molecular weight excluding hydrogens is 320 g/mol. The number of hydrogen-bond donors (Lipinski definition) is 3. The van der Waals surface area contributed by atoms with Gasteiger partial charge in [0.05, 0.1) is 25.8 Å². The number of nitrogens with two attached hydrogens (primary N) is 1. The van der Waals surface area contributed by atoms with E-state index in [2.05, 4.69) is 15.5 Å². The molecule has 0 saturated carbocycles. The number of amides is 2. The lowest BCUT2D eigenvalue weighted by Gasteiger charge is -2.25. The zero-order valence-corrected chi connectivity index (χ0v) is 15.0. The van der Waals surface area contributed by atoms with Gasteiger partial charge in [-0.2, -0.15) is 0 Å². The molecule has 7 nitrogen and oxygen atoms in total. The zero-order chi connectivity index (χ0) is 18.2. The van der Waals surface area contributed by atoms with Crippen LogP contribution in [-0.2, 0) is 14.3 Å². The zero-order valence-electron chi connectivity index (χ0n) is 15.0. The molecule has 7 heteroatoms. The van der Waals surface area contributed by atoms with Gasteiger partial charge < -0.3 is 21.1 Å². The number of morpholine rings is 1. The molecule has 1 atom stereocenters. The minimum Gasteiger partial charge on any atom is -0.379 e. The number of nitrogens with one attached hydrogen (secondary N) is 2. The van der Waals surface area contributed by atoms with E-state index in [1.54, 1.807) is 24.3 Å². The average Bonchev–Trinajstić information content (AvgIpc) is 2.57. The predicted octanol–water partition coefficient (Wildman–Crippen LogP) is 1.27. The smallest absolute Gasteiger partial charge is 0.241 e. The Morgan fingerprint density at radius 3 is 2.24 bits per heavy atom. The first kappa shape index (κ1) is 19.4. The van der Waals surface area contributed by atoms with Crippen molar-refractivity contribution in [2.75, 3.05) is 43.5 Å². The lowest BCUT2D eigenvalue weighted by molar-refractivity contribution is -0.118. The van der Waals surface area contributed by atoms with Crippen LogP contribution in [0.1, 0.15) is 20.3 Å². The van der Waals surface area contributed by atoms with Crippen LogP contribution in [0.25, 0.3) is 0 Å². The van der Waals surface area contributed by atoms with Crippen molar-refractivity contribution in [3.63, 3.8) is 0 Å². The van der Waals surface area contributed by atoms with E-state index in [0.29, 0.717) is 43.5 Å². The Kier molecular flexibility index (Phi) is 7.36. The van der Waals surface area contributed by atoms with Crippen LogP contribution in [0.5, 0.6) is 0 Å². The van der Waals surface area contributed by atoms with Gasteiger partial charge in [-0.25, -0.2) is 0 Å². The van der Waals surface area contributed by atoms with Gasteiger partial charge in [-0.15, -0.1) is 0 Å². The standard InChI is InChI=1S/C18H28N4O3/c1-13(2)11-16(19)18(24)21-15-5-3-14(4-6-15)20-17(23)12-22-7-9-25-10-8-22/h3-6,13,16H,7-12,19H2,1-2H3,(H,20,23)(H,21,24)/t16-/m0/s1. The minimum atomic E-state index is -0.520. The van der Waals surface area contributed by atoms with Gasteiger partial charge in [0.2, 0.25) is 11.8 Å². The lowest BCUT2D eigenvalue weighted by Crippen LogP contribution is -2.41. The fraction of sp³-hybridized carbons (Fsp3) is 0.556. The van der Waals surface area contributed by atoms with Crippen molar-refractivity contribution in [2.24, 2.45) is 11.7 Å². The second-order valence-electron chi connectivity index (χ2n) is 6.74. The largest absolute Gasteiger partial charge is 0.379 e. The van der Waals surface area contributed by atoms with E-state index < -0.39 is 6.04 Å². The van der Waals surface area contributed by atoms with Crippen LogP contribution in [0.2, 0.25) is 0 Å². The molecule has 1 aromatic carbocycles. The summed E-state index contributed by atoms with van der Waals surface area (Å²) in [6.07, 6.45) is 0.640. The molecule has 1 aliphatic heterocycles. The SMILES string of the molecule is CC(C)C[C@H](N)C(=O)Nc1ccc(NC(=O)CN2CCOCC2)cc1. The molecule has 0 spiro atoms. The molecule has 25 heavy (non-hydrogen) atoms. The molecule has 0 aromatic heterocycles. The monoisotopic (exact) mass is 348 g/mol. The Morgan fingerprint density at radius 2 is 1.68 bits per heavy atom. The molecule has 1 heterocycles. The van der Waals surface area contributed by atoms with Crippen LogP contribution in [0.4, 0.5) is 11.4 Å². The molecule has 1 aromatic rings. The van der Waals surface area contributed by atoms with Gasteiger partial charge in [-0.1, -0.05) is 13.8 Å². The van der Waals surface area contributed by atoms with Gasteiger partial charge in [0, 0.05) is 24.5 Å². The fourth-order valence-electron chi connectivity index (χ4n) is 2.65. The molecule has 1 saturated heterocycles. The highest BCUT2D eigenvalue weighted by Gasteiger charge is 2.16. The molecule has 2 rings (SSSR count).